The Morgan fingerprint density at radius 1 is 1.28 bits per heavy atom. The third-order valence-electron chi connectivity index (χ3n) is 4.07. The quantitative estimate of drug-likeness (QED) is 0.865. The summed E-state index contributed by atoms with van der Waals surface area (Å²) in [6.07, 6.45) is 2.16. The summed E-state index contributed by atoms with van der Waals surface area (Å²) in [5.74, 6) is 0.563. The van der Waals surface area contributed by atoms with Gasteiger partial charge in [-0.05, 0) is 44.2 Å². The molecule has 1 heterocycles. The third-order valence-corrected chi connectivity index (χ3v) is 4.07. The van der Waals surface area contributed by atoms with Crippen LogP contribution >= 0.6 is 0 Å². The van der Waals surface area contributed by atoms with Gasteiger partial charge >= 0.3 is 0 Å². The molecule has 0 amide bonds. The van der Waals surface area contributed by atoms with Gasteiger partial charge in [0.05, 0.1) is 0 Å². The summed E-state index contributed by atoms with van der Waals surface area (Å²) in [4.78, 5) is 2.55. The van der Waals surface area contributed by atoms with Crippen molar-refractivity contribution in [1.29, 1.82) is 0 Å². The number of rotatable bonds is 2. The molecule has 0 bridgehead atoms. The van der Waals surface area contributed by atoms with E-state index in [1.807, 2.05) is 0 Å². The maximum Gasteiger partial charge on any atom is 0.0405 e. The predicted molar refractivity (Wildman–Crippen MR) is 79.2 cm³/mol. The van der Waals surface area contributed by atoms with Crippen molar-refractivity contribution in [2.75, 3.05) is 11.4 Å². The second kappa shape index (κ2) is 4.93. The van der Waals surface area contributed by atoms with Gasteiger partial charge < -0.3 is 10.6 Å². The Kier molecular flexibility index (Phi) is 3.67. The average Bonchev–Trinajstić information content (AvgIpc) is 2.27. The van der Waals surface area contributed by atoms with Gasteiger partial charge in [0.15, 0.2) is 0 Å². The molecule has 1 fully saturated rings. The van der Waals surface area contributed by atoms with Gasteiger partial charge in [-0.15, -0.1) is 0 Å². The van der Waals surface area contributed by atoms with Gasteiger partial charge in [-0.25, -0.2) is 0 Å². The number of hydrogen-bond acceptors (Lipinski definition) is 2. The topological polar surface area (TPSA) is 29.3 Å². The highest BCUT2D eigenvalue weighted by Crippen LogP contribution is 2.36. The smallest absolute Gasteiger partial charge is 0.0405 e. The molecular formula is C16H26N2. The molecule has 1 aromatic carbocycles. The molecule has 0 saturated carbocycles. The van der Waals surface area contributed by atoms with Gasteiger partial charge in [-0.2, -0.15) is 0 Å². The first-order valence-electron chi connectivity index (χ1n) is 7.04. The van der Waals surface area contributed by atoms with E-state index in [0.29, 0.717) is 12.0 Å². The first kappa shape index (κ1) is 13.4. The molecule has 0 aromatic heterocycles. The number of nitrogens with zero attached hydrogens (tertiary/aromatic N) is 1. The number of benzene rings is 1. The molecule has 1 saturated heterocycles. The van der Waals surface area contributed by atoms with Gasteiger partial charge in [-0.1, -0.05) is 32.0 Å². The zero-order valence-electron chi connectivity index (χ0n) is 12.1. The van der Waals surface area contributed by atoms with Crippen molar-refractivity contribution in [2.24, 2.45) is 5.73 Å². The summed E-state index contributed by atoms with van der Waals surface area (Å²) < 4.78 is 0. The minimum Gasteiger partial charge on any atom is -0.366 e. The van der Waals surface area contributed by atoms with Crippen LogP contribution in [-0.2, 0) is 0 Å². The van der Waals surface area contributed by atoms with Crippen molar-refractivity contribution in [2.45, 2.75) is 58.0 Å². The lowest BCUT2D eigenvalue weighted by Crippen LogP contribution is -2.54. The highest BCUT2D eigenvalue weighted by atomic mass is 15.2. The molecule has 18 heavy (non-hydrogen) atoms. The van der Waals surface area contributed by atoms with Crippen LogP contribution in [0, 0.1) is 0 Å². The Bertz CT molecular complexity index is 409. The monoisotopic (exact) mass is 246 g/mol. The highest BCUT2D eigenvalue weighted by molar-refractivity contribution is 5.57. The minimum absolute atomic E-state index is 0.155. The van der Waals surface area contributed by atoms with Crippen LogP contribution in [0.2, 0.25) is 0 Å². The summed E-state index contributed by atoms with van der Waals surface area (Å²) in [6, 6.07) is 9.15. The second-order valence-electron chi connectivity index (χ2n) is 6.43. The zero-order valence-corrected chi connectivity index (χ0v) is 12.1. The molecule has 1 unspecified atom stereocenters. The normalized spacial score (nSPS) is 23.4. The van der Waals surface area contributed by atoms with Crippen LogP contribution in [0.5, 0.6) is 0 Å². The highest BCUT2D eigenvalue weighted by Gasteiger charge is 2.34. The van der Waals surface area contributed by atoms with E-state index in [0.717, 1.165) is 19.4 Å². The van der Waals surface area contributed by atoms with E-state index in [4.69, 9.17) is 5.73 Å². The van der Waals surface area contributed by atoms with Crippen LogP contribution < -0.4 is 10.6 Å². The number of nitrogens with two attached hydrogens (primary N) is 1. The van der Waals surface area contributed by atoms with Crippen LogP contribution in [0.25, 0.3) is 0 Å². The summed E-state index contributed by atoms with van der Waals surface area (Å²) in [5, 5.41) is 0. The summed E-state index contributed by atoms with van der Waals surface area (Å²) in [5.41, 5.74) is 9.12. The number of hydrogen-bond donors (Lipinski definition) is 1. The van der Waals surface area contributed by atoms with Crippen molar-refractivity contribution >= 4 is 5.69 Å². The van der Waals surface area contributed by atoms with E-state index in [-0.39, 0.29) is 5.54 Å². The Labute approximate surface area is 111 Å². The Balaban J connectivity index is 2.36. The maximum absolute atomic E-state index is 6.12. The molecule has 0 aliphatic carbocycles. The van der Waals surface area contributed by atoms with Crippen LogP contribution in [-0.4, -0.2) is 18.1 Å². The molecule has 1 aliphatic heterocycles. The fourth-order valence-corrected chi connectivity index (χ4v) is 3.12. The molecule has 2 nitrogen and oxygen atoms in total. The molecule has 2 heteroatoms. The molecule has 1 aromatic rings. The molecular weight excluding hydrogens is 220 g/mol. The van der Waals surface area contributed by atoms with Crippen LogP contribution in [0.1, 0.15) is 52.0 Å². The Morgan fingerprint density at radius 2 is 1.94 bits per heavy atom. The van der Waals surface area contributed by atoms with Gasteiger partial charge in [0.25, 0.3) is 0 Å². The van der Waals surface area contributed by atoms with E-state index in [1.54, 1.807) is 0 Å². The maximum atomic E-state index is 6.12. The zero-order chi connectivity index (χ0) is 13.3. The van der Waals surface area contributed by atoms with Crippen LogP contribution in [0.4, 0.5) is 5.69 Å². The number of piperidine rings is 1. The van der Waals surface area contributed by atoms with Crippen molar-refractivity contribution < 1.29 is 0 Å². The average molecular weight is 246 g/mol. The first-order chi connectivity index (χ1) is 8.42. The van der Waals surface area contributed by atoms with Crippen molar-refractivity contribution in [3.63, 3.8) is 0 Å². The Hall–Kier alpha value is -1.02. The lowest BCUT2D eigenvalue weighted by molar-refractivity contribution is 0.327. The van der Waals surface area contributed by atoms with E-state index >= 15 is 0 Å². The predicted octanol–water partition coefficient (Wildman–Crippen LogP) is 3.52. The molecule has 0 spiro atoms. The standard InChI is InChI=1S/C16H26N2/c1-12(2)14-7-5-6-8-15(14)18-10-9-13(17)11-16(18,3)4/h5-8,12-13H,9-11,17H2,1-4H3. The van der Waals surface area contributed by atoms with Crippen molar-refractivity contribution in [3.05, 3.63) is 29.8 Å². The summed E-state index contributed by atoms with van der Waals surface area (Å²) in [6.45, 7) is 10.2. The molecule has 1 atom stereocenters. The molecule has 0 radical (unpaired) electrons. The first-order valence-corrected chi connectivity index (χ1v) is 7.04. The fourth-order valence-electron chi connectivity index (χ4n) is 3.12. The summed E-state index contributed by atoms with van der Waals surface area (Å²) in [7, 11) is 0. The molecule has 100 valence electrons. The van der Waals surface area contributed by atoms with Gasteiger partial charge in [0, 0.05) is 23.8 Å². The van der Waals surface area contributed by atoms with E-state index in [9.17, 15) is 0 Å². The van der Waals surface area contributed by atoms with Crippen molar-refractivity contribution in [1.82, 2.24) is 0 Å². The fraction of sp³-hybridized carbons (Fsp3) is 0.625. The summed E-state index contributed by atoms with van der Waals surface area (Å²) >= 11 is 0. The Morgan fingerprint density at radius 3 is 2.56 bits per heavy atom. The van der Waals surface area contributed by atoms with E-state index in [1.165, 1.54) is 11.3 Å². The van der Waals surface area contributed by atoms with Gasteiger partial charge in [0.1, 0.15) is 0 Å². The molecule has 2 N–H and O–H groups in total. The minimum atomic E-state index is 0.155. The third kappa shape index (κ3) is 2.54. The van der Waals surface area contributed by atoms with Crippen LogP contribution in [0.15, 0.2) is 24.3 Å². The second-order valence-corrected chi connectivity index (χ2v) is 6.43. The number of para-hydroxylation sites is 1. The van der Waals surface area contributed by atoms with E-state index in [2.05, 4.69) is 56.9 Å². The molecule has 2 rings (SSSR count). The lowest BCUT2D eigenvalue weighted by Gasteiger charge is -2.47. The largest absolute Gasteiger partial charge is 0.366 e. The van der Waals surface area contributed by atoms with Crippen molar-refractivity contribution in [3.8, 4) is 0 Å². The van der Waals surface area contributed by atoms with E-state index < -0.39 is 0 Å². The SMILES string of the molecule is CC(C)c1ccccc1N1CCC(N)CC1(C)C. The van der Waals surface area contributed by atoms with Gasteiger partial charge in [0.2, 0.25) is 0 Å². The lowest BCUT2D eigenvalue weighted by atomic mass is 9.85. The van der Waals surface area contributed by atoms with Crippen LogP contribution in [0.3, 0.4) is 0 Å². The number of anilines is 1. The van der Waals surface area contributed by atoms with Gasteiger partial charge in [-0.3, -0.25) is 0 Å². The molecule has 1 aliphatic rings.